The summed E-state index contributed by atoms with van der Waals surface area (Å²) in [6.45, 7) is 5.50. The van der Waals surface area contributed by atoms with Crippen LogP contribution in [-0.2, 0) is 16.0 Å². The van der Waals surface area contributed by atoms with Crippen molar-refractivity contribution in [1.29, 1.82) is 0 Å². The smallest absolute Gasteiger partial charge is 0.312 e. The molecular weight excluding hydrogens is 200 g/mol. The quantitative estimate of drug-likeness (QED) is 0.759. The number of hydrogen-bond donors (Lipinski definition) is 1. The SMILES string of the molecule is CC(C)(C)OC(=O)Cc1csc(N)n1. The monoisotopic (exact) mass is 214 g/mol. The van der Waals surface area contributed by atoms with E-state index < -0.39 is 5.60 Å². The van der Waals surface area contributed by atoms with Gasteiger partial charge in [0.25, 0.3) is 0 Å². The summed E-state index contributed by atoms with van der Waals surface area (Å²) < 4.78 is 5.14. The molecule has 0 aliphatic rings. The Kier molecular flexibility index (Phi) is 3.10. The molecule has 5 heteroatoms. The molecule has 0 saturated carbocycles. The van der Waals surface area contributed by atoms with E-state index in [9.17, 15) is 4.79 Å². The molecule has 0 aliphatic carbocycles. The molecule has 0 bridgehead atoms. The van der Waals surface area contributed by atoms with Crippen LogP contribution < -0.4 is 5.73 Å². The van der Waals surface area contributed by atoms with E-state index in [0.717, 1.165) is 0 Å². The van der Waals surface area contributed by atoms with Gasteiger partial charge >= 0.3 is 5.97 Å². The summed E-state index contributed by atoms with van der Waals surface area (Å²) in [6, 6.07) is 0. The van der Waals surface area contributed by atoms with Crippen molar-refractivity contribution in [2.75, 3.05) is 5.73 Å². The number of nitrogens with two attached hydrogens (primary N) is 1. The average Bonchev–Trinajstić information content (AvgIpc) is 2.30. The number of aromatic nitrogens is 1. The van der Waals surface area contributed by atoms with Gasteiger partial charge in [-0.25, -0.2) is 4.98 Å². The zero-order valence-corrected chi connectivity index (χ0v) is 9.35. The third-order valence-corrected chi connectivity index (χ3v) is 2.04. The third-order valence-electron chi connectivity index (χ3n) is 1.31. The lowest BCUT2D eigenvalue weighted by atomic mass is 10.2. The molecule has 0 fully saturated rings. The van der Waals surface area contributed by atoms with Crippen LogP contribution in [0.15, 0.2) is 5.38 Å². The molecule has 1 heterocycles. The topological polar surface area (TPSA) is 65.2 Å². The predicted molar refractivity (Wildman–Crippen MR) is 56.1 cm³/mol. The van der Waals surface area contributed by atoms with E-state index in [0.29, 0.717) is 10.8 Å². The first-order valence-electron chi connectivity index (χ1n) is 4.28. The Morgan fingerprint density at radius 2 is 2.29 bits per heavy atom. The predicted octanol–water partition coefficient (Wildman–Crippen LogP) is 1.61. The highest BCUT2D eigenvalue weighted by Gasteiger charge is 2.17. The number of ether oxygens (including phenoxy) is 1. The molecule has 1 aromatic heterocycles. The maximum absolute atomic E-state index is 11.3. The summed E-state index contributed by atoms with van der Waals surface area (Å²) >= 11 is 1.32. The summed E-state index contributed by atoms with van der Waals surface area (Å²) in [5, 5.41) is 2.24. The number of esters is 1. The second-order valence-corrected chi connectivity index (χ2v) is 4.83. The van der Waals surface area contributed by atoms with Crippen LogP contribution in [0.4, 0.5) is 5.13 Å². The van der Waals surface area contributed by atoms with Crippen molar-refractivity contribution in [2.45, 2.75) is 32.8 Å². The Morgan fingerprint density at radius 1 is 1.64 bits per heavy atom. The van der Waals surface area contributed by atoms with Gasteiger partial charge in [0.05, 0.1) is 12.1 Å². The van der Waals surface area contributed by atoms with Crippen molar-refractivity contribution < 1.29 is 9.53 Å². The first kappa shape index (κ1) is 11.0. The number of carbonyl (C=O) groups is 1. The number of carbonyl (C=O) groups excluding carboxylic acids is 1. The molecule has 0 atom stereocenters. The standard InChI is InChI=1S/C9H14N2O2S/c1-9(2,3)13-7(12)4-6-5-14-8(10)11-6/h5H,4H2,1-3H3,(H2,10,11). The fraction of sp³-hybridized carbons (Fsp3) is 0.556. The Bertz CT molecular complexity index is 328. The minimum Gasteiger partial charge on any atom is -0.460 e. The van der Waals surface area contributed by atoms with Gasteiger partial charge in [-0.05, 0) is 20.8 Å². The number of rotatable bonds is 2. The molecule has 1 rings (SSSR count). The molecular formula is C9H14N2O2S. The molecule has 14 heavy (non-hydrogen) atoms. The van der Waals surface area contributed by atoms with Crippen LogP contribution in [-0.4, -0.2) is 16.6 Å². The maximum atomic E-state index is 11.3. The van der Waals surface area contributed by atoms with Gasteiger partial charge in [0.15, 0.2) is 5.13 Å². The van der Waals surface area contributed by atoms with E-state index in [-0.39, 0.29) is 12.4 Å². The lowest BCUT2D eigenvalue weighted by molar-refractivity contribution is -0.153. The van der Waals surface area contributed by atoms with E-state index in [1.165, 1.54) is 11.3 Å². The molecule has 2 N–H and O–H groups in total. The number of nitrogen functional groups attached to an aromatic ring is 1. The zero-order valence-electron chi connectivity index (χ0n) is 8.53. The number of anilines is 1. The van der Waals surface area contributed by atoms with Crippen LogP contribution in [0.1, 0.15) is 26.5 Å². The minimum atomic E-state index is -0.446. The number of thiazole rings is 1. The zero-order chi connectivity index (χ0) is 10.8. The van der Waals surface area contributed by atoms with Gasteiger partial charge in [0, 0.05) is 5.38 Å². The highest BCUT2D eigenvalue weighted by atomic mass is 32.1. The van der Waals surface area contributed by atoms with Crippen molar-refractivity contribution in [1.82, 2.24) is 4.98 Å². The molecule has 1 aromatic rings. The fourth-order valence-electron chi connectivity index (χ4n) is 0.929. The van der Waals surface area contributed by atoms with Crippen molar-refractivity contribution >= 4 is 22.4 Å². The van der Waals surface area contributed by atoms with Crippen molar-refractivity contribution in [3.63, 3.8) is 0 Å². The Hall–Kier alpha value is -1.10. The third kappa shape index (κ3) is 3.74. The van der Waals surface area contributed by atoms with E-state index in [1.54, 1.807) is 5.38 Å². The van der Waals surface area contributed by atoms with Gasteiger partial charge in [0.1, 0.15) is 5.60 Å². The van der Waals surface area contributed by atoms with Crippen LogP contribution in [0.3, 0.4) is 0 Å². The maximum Gasteiger partial charge on any atom is 0.312 e. The largest absolute Gasteiger partial charge is 0.460 e. The summed E-state index contributed by atoms with van der Waals surface area (Å²) in [6.07, 6.45) is 0.185. The van der Waals surface area contributed by atoms with Gasteiger partial charge in [-0.15, -0.1) is 11.3 Å². The van der Waals surface area contributed by atoms with Gasteiger partial charge in [0.2, 0.25) is 0 Å². The molecule has 78 valence electrons. The van der Waals surface area contributed by atoms with Gasteiger partial charge in [-0.1, -0.05) is 0 Å². The second-order valence-electron chi connectivity index (χ2n) is 3.94. The van der Waals surface area contributed by atoms with E-state index in [4.69, 9.17) is 10.5 Å². The Labute approximate surface area is 87.1 Å². The first-order valence-corrected chi connectivity index (χ1v) is 5.16. The van der Waals surface area contributed by atoms with Gasteiger partial charge in [-0.2, -0.15) is 0 Å². The van der Waals surface area contributed by atoms with Crippen LogP contribution in [0, 0.1) is 0 Å². The molecule has 0 aromatic carbocycles. The van der Waals surface area contributed by atoms with Gasteiger partial charge < -0.3 is 10.5 Å². The minimum absolute atomic E-state index is 0.185. The number of hydrogen-bond acceptors (Lipinski definition) is 5. The summed E-state index contributed by atoms with van der Waals surface area (Å²) in [5.41, 5.74) is 5.66. The summed E-state index contributed by atoms with van der Waals surface area (Å²) in [5.74, 6) is -0.275. The molecule has 0 radical (unpaired) electrons. The lowest BCUT2D eigenvalue weighted by Crippen LogP contribution is -2.24. The van der Waals surface area contributed by atoms with Crippen molar-refractivity contribution in [2.24, 2.45) is 0 Å². The molecule has 0 unspecified atom stereocenters. The van der Waals surface area contributed by atoms with Gasteiger partial charge in [-0.3, -0.25) is 4.79 Å². The number of nitrogens with zero attached hydrogens (tertiary/aromatic N) is 1. The molecule has 0 spiro atoms. The summed E-state index contributed by atoms with van der Waals surface area (Å²) in [4.78, 5) is 15.3. The Balaban J connectivity index is 2.50. The van der Waals surface area contributed by atoms with E-state index in [2.05, 4.69) is 4.98 Å². The van der Waals surface area contributed by atoms with E-state index in [1.807, 2.05) is 20.8 Å². The molecule has 0 saturated heterocycles. The normalized spacial score (nSPS) is 11.4. The second kappa shape index (κ2) is 3.96. The molecule has 4 nitrogen and oxygen atoms in total. The van der Waals surface area contributed by atoms with E-state index >= 15 is 0 Å². The first-order chi connectivity index (χ1) is 6.37. The highest BCUT2D eigenvalue weighted by molar-refractivity contribution is 7.13. The van der Waals surface area contributed by atoms with Crippen LogP contribution >= 0.6 is 11.3 Å². The van der Waals surface area contributed by atoms with Crippen LogP contribution in [0.25, 0.3) is 0 Å². The molecule has 0 amide bonds. The average molecular weight is 214 g/mol. The van der Waals surface area contributed by atoms with Crippen LogP contribution in [0.2, 0.25) is 0 Å². The van der Waals surface area contributed by atoms with Crippen LogP contribution in [0.5, 0.6) is 0 Å². The fourth-order valence-corrected chi connectivity index (χ4v) is 1.49. The summed E-state index contributed by atoms with van der Waals surface area (Å²) in [7, 11) is 0. The highest BCUT2D eigenvalue weighted by Crippen LogP contribution is 2.13. The van der Waals surface area contributed by atoms with Crippen molar-refractivity contribution in [3.05, 3.63) is 11.1 Å². The van der Waals surface area contributed by atoms with Crippen molar-refractivity contribution in [3.8, 4) is 0 Å². The lowest BCUT2D eigenvalue weighted by Gasteiger charge is -2.18. The Morgan fingerprint density at radius 3 is 2.71 bits per heavy atom. The molecule has 0 aliphatic heterocycles.